The van der Waals surface area contributed by atoms with E-state index in [1.165, 1.54) is 0 Å². The van der Waals surface area contributed by atoms with Crippen molar-refractivity contribution in [2.45, 2.75) is 6.10 Å². The number of hydrogen-bond donors (Lipinski definition) is 1. The molecule has 0 bridgehead atoms. The van der Waals surface area contributed by atoms with Gasteiger partial charge in [0, 0.05) is 0 Å². The van der Waals surface area contributed by atoms with E-state index in [-0.39, 0.29) is 0 Å². The van der Waals surface area contributed by atoms with Crippen LogP contribution in [0.4, 0.5) is 0 Å². The van der Waals surface area contributed by atoms with Gasteiger partial charge >= 0.3 is 0 Å². The Morgan fingerprint density at radius 2 is 1.87 bits per heavy atom. The molecule has 2 rings (SSSR count). The van der Waals surface area contributed by atoms with Gasteiger partial charge in [-0.15, -0.1) is 5.73 Å². The van der Waals surface area contributed by atoms with Gasteiger partial charge < -0.3 is 5.11 Å². The monoisotopic (exact) mass is 196 g/mol. The third-order valence-electron chi connectivity index (χ3n) is 2.42. The van der Waals surface area contributed by atoms with Gasteiger partial charge in [0.1, 0.15) is 6.10 Å². The van der Waals surface area contributed by atoms with Gasteiger partial charge in [-0.1, -0.05) is 49.0 Å². The molecule has 0 fully saturated rings. The van der Waals surface area contributed by atoms with Crippen molar-refractivity contribution in [1.29, 1.82) is 0 Å². The summed E-state index contributed by atoms with van der Waals surface area (Å²) in [5.41, 5.74) is 3.50. The molecule has 0 aromatic heterocycles. The van der Waals surface area contributed by atoms with Crippen LogP contribution in [0.25, 0.3) is 10.8 Å². The molecule has 1 heteroatoms. The Bertz CT molecular complexity index is 516. The SMILES string of the molecule is C=C=C[C@@H](O)c1cccc2ccccc12. The van der Waals surface area contributed by atoms with Crippen LogP contribution in [-0.4, -0.2) is 5.11 Å². The molecular formula is C14H12O. The number of aliphatic hydroxyl groups excluding tert-OH is 1. The van der Waals surface area contributed by atoms with Crippen molar-refractivity contribution in [2.24, 2.45) is 0 Å². The van der Waals surface area contributed by atoms with Gasteiger partial charge in [0.15, 0.2) is 0 Å². The van der Waals surface area contributed by atoms with Crippen molar-refractivity contribution in [3.8, 4) is 0 Å². The summed E-state index contributed by atoms with van der Waals surface area (Å²) in [5, 5.41) is 12.1. The molecule has 74 valence electrons. The first-order chi connectivity index (χ1) is 7.33. The average molecular weight is 196 g/mol. The lowest BCUT2D eigenvalue weighted by atomic mass is 10.0. The van der Waals surface area contributed by atoms with Crippen LogP contribution < -0.4 is 0 Å². The van der Waals surface area contributed by atoms with Crippen LogP contribution in [0.3, 0.4) is 0 Å². The highest BCUT2D eigenvalue weighted by atomic mass is 16.3. The van der Waals surface area contributed by atoms with Crippen molar-refractivity contribution >= 4 is 10.8 Å². The van der Waals surface area contributed by atoms with E-state index in [1.807, 2.05) is 42.5 Å². The molecule has 2 aromatic carbocycles. The Labute approximate surface area is 89.0 Å². The molecule has 0 saturated heterocycles. The molecule has 0 aliphatic carbocycles. The fourth-order valence-electron chi connectivity index (χ4n) is 1.71. The standard InChI is InChI=1S/C14H12O/c1-2-6-14(15)13-10-5-8-11-7-3-4-9-12(11)13/h3-10,14-15H,1H2/t14-/m1/s1. The summed E-state index contributed by atoms with van der Waals surface area (Å²) >= 11 is 0. The first kappa shape index (κ1) is 9.72. The lowest BCUT2D eigenvalue weighted by molar-refractivity contribution is 0.230. The van der Waals surface area contributed by atoms with E-state index in [1.54, 1.807) is 6.08 Å². The van der Waals surface area contributed by atoms with Gasteiger partial charge in [0.25, 0.3) is 0 Å². The Hall–Kier alpha value is -1.82. The average Bonchev–Trinajstić information content (AvgIpc) is 2.28. The van der Waals surface area contributed by atoms with E-state index in [0.29, 0.717) is 0 Å². The predicted molar refractivity (Wildman–Crippen MR) is 62.6 cm³/mol. The van der Waals surface area contributed by atoms with Gasteiger partial charge in [-0.3, -0.25) is 0 Å². The lowest BCUT2D eigenvalue weighted by Crippen LogP contribution is -1.93. The minimum atomic E-state index is -0.631. The largest absolute Gasteiger partial charge is 0.384 e. The number of fused-ring (bicyclic) bond motifs is 1. The molecule has 0 unspecified atom stereocenters. The van der Waals surface area contributed by atoms with Crippen LogP contribution >= 0.6 is 0 Å². The van der Waals surface area contributed by atoms with E-state index in [0.717, 1.165) is 16.3 Å². The van der Waals surface area contributed by atoms with Crippen LogP contribution in [0.15, 0.2) is 60.9 Å². The maximum absolute atomic E-state index is 9.86. The van der Waals surface area contributed by atoms with E-state index in [9.17, 15) is 5.11 Å². The smallest absolute Gasteiger partial charge is 0.105 e. The molecule has 0 heterocycles. The fraction of sp³-hybridized carbons (Fsp3) is 0.0714. The summed E-state index contributed by atoms with van der Waals surface area (Å²) in [6, 6.07) is 13.9. The molecule has 2 aromatic rings. The van der Waals surface area contributed by atoms with Crippen molar-refractivity contribution in [3.05, 3.63) is 66.4 Å². The van der Waals surface area contributed by atoms with Crippen LogP contribution in [0, 0.1) is 0 Å². The lowest BCUT2D eigenvalue weighted by Gasteiger charge is -2.08. The normalized spacial score (nSPS) is 12.1. The van der Waals surface area contributed by atoms with E-state index in [4.69, 9.17) is 0 Å². The molecule has 0 spiro atoms. The first-order valence-electron chi connectivity index (χ1n) is 4.84. The maximum atomic E-state index is 9.86. The summed E-state index contributed by atoms with van der Waals surface area (Å²) in [7, 11) is 0. The topological polar surface area (TPSA) is 20.2 Å². The molecule has 1 atom stereocenters. The number of aliphatic hydroxyl groups is 1. The van der Waals surface area contributed by atoms with Crippen LogP contribution in [0.2, 0.25) is 0 Å². The molecule has 0 saturated carbocycles. The molecule has 0 aliphatic rings. The zero-order valence-corrected chi connectivity index (χ0v) is 8.35. The summed E-state index contributed by atoms with van der Waals surface area (Å²) < 4.78 is 0. The molecule has 1 nitrogen and oxygen atoms in total. The second kappa shape index (κ2) is 4.14. The highest BCUT2D eigenvalue weighted by Crippen LogP contribution is 2.24. The number of hydrogen-bond acceptors (Lipinski definition) is 1. The molecule has 15 heavy (non-hydrogen) atoms. The zero-order valence-electron chi connectivity index (χ0n) is 8.35. The van der Waals surface area contributed by atoms with Crippen molar-refractivity contribution < 1.29 is 5.11 Å². The summed E-state index contributed by atoms with van der Waals surface area (Å²) in [6.45, 7) is 3.47. The van der Waals surface area contributed by atoms with Crippen molar-refractivity contribution in [1.82, 2.24) is 0 Å². The molecule has 0 aliphatic heterocycles. The second-order valence-electron chi connectivity index (χ2n) is 3.38. The van der Waals surface area contributed by atoms with Gasteiger partial charge in [0.05, 0.1) is 0 Å². The van der Waals surface area contributed by atoms with Gasteiger partial charge in [-0.2, -0.15) is 0 Å². The highest BCUT2D eigenvalue weighted by molar-refractivity contribution is 5.86. The summed E-state index contributed by atoms with van der Waals surface area (Å²) in [6.07, 6.45) is 0.926. The van der Waals surface area contributed by atoms with Crippen LogP contribution in [0.1, 0.15) is 11.7 Å². The predicted octanol–water partition coefficient (Wildman–Crippen LogP) is 3.21. The quantitative estimate of drug-likeness (QED) is 0.731. The highest BCUT2D eigenvalue weighted by Gasteiger charge is 2.06. The molecule has 0 radical (unpaired) electrons. The van der Waals surface area contributed by atoms with Gasteiger partial charge in [-0.25, -0.2) is 0 Å². The third kappa shape index (κ3) is 1.84. The van der Waals surface area contributed by atoms with Gasteiger partial charge in [0.2, 0.25) is 0 Å². The zero-order chi connectivity index (χ0) is 10.7. The van der Waals surface area contributed by atoms with Crippen LogP contribution in [-0.2, 0) is 0 Å². The Morgan fingerprint density at radius 3 is 2.67 bits per heavy atom. The van der Waals surface area contributed by atoms with Gasteiger partial charge in [-0.05, 0) is 22.4 Å². The minimum absolute atomic E-state index is 0.631. The van der Waals surface area contributed by atoms with Crippen LogP contribution in [0.5, 0.6) is 0 Å². The molecule has 1 N–H and O–H groups in total. The maximum Gasteiger partial charge on any atom is 0.105 e. The van der Waals surface area contributed by atoms with Crippen molar-refractivity contribution in [2.75, 3.05) is 0 Å². The van der Waals surface area contributed by atoms with Crippen molar-refractivity contribution in [3.63, 3.8) is 0 Å². The third-order valence-corrected chi connectivity index (χ3v) is 2.42. The number of benzene rings is 2. The first-order valence-corrected chi connectivity index (χ1v) is 4.84. The Morgan fingerprint density at radius 1 is 1.13 bits per heavy atom. The van der Waals surface area contributed by atoms with E-state index < -0.39 is 6.10 Å². The number of rotatable bonds is 2. The summed E-state index contributed by atoms with van der Waals surface area (Å²) in [4.78, 5) is 0. The molecular weight excluding hydrogens is 184 g/mol. The van der Waals surface area contributed by atoms with E-state index >= 15 is 0 Å². The molecule has 0 amide bonds. The fourth-order valence-corrected chi connectivity index (χ4v) is 1.71. The minimum Gasteiger partial charge on any atom is -0.384 e. The Balaban J connectivity index is 2.65. The van der Waals surface area contributed by atoms with E-state index in [2.05, 4.69) is 12.3 Å². The summed E-state index contributed by atoms with van der Waals surface area (Å²) in [5.74, 6) is 0. The Kier molecular flexibility index (Phi) is 2.68. The second-order valence-corrected chi connectivity index (χ2v) is 3.38.